The topological polar surface area (TPSA) is 58.4 Å². The standard InChI is InChI=1S/C11H21N3O/c1-8(12)11(15)13-9-5-7-14-6-3-2-4-10(9)14/h8-10H,2-7,12H2,1H3,(H,13,15)/t8-,9?,10?/m1/s1. The number of nitrogens with two attached hydrogens (primary N) is 1. The fourth-order valence-electron chi connectivity index (χ4n) is 2.73. The van der Waals surface area contributed by atoms with E-state index in [0.717, 1.165) is 13.0 Å². The molecule has 0 bridgehead atoms. The van der Waals surface area contributed by atoms with E-state index in [9.17, 15) is 4.79 Å². The van der Waals surface area contributed by atoms with Crippen molar-refractivity contribution in [1.29, 1.82) is 0 Å². The Hall–Kier alpha value is -0.610. The summed E-state index contributed by atoms with van der Waals surface area (Å²) in [5.41, 5.74) is 5.56. The van der Waals surface area contributed by atoms with Crippen molar-refractivity contribution in [3.63, 3.8) is 0 Å². The largest absolute Gasteiger partial charge is 0.350 e. The van der Waals surface area contributed by atoms with Crippen LogP contribution >= 0.6 is 0 Å². The van der Waals surface area contributed by atoms with Crippen LogP contribution in [0.1, 0.15) is 32.6 Å². The van der Waals surface area contributed by atoms with E-state index in [1.807, 2.05) is 0 Å². The van der Waals surface area contributed by atoms with Crippen LogP contribution in [-0.4, -0.2) is 42.0 Å². The van der Waals surface area contributed by atoms with Gasteiger partial charge in [-0.25, -0.2) is 0 Å². The first-order valence-electron chi connectivity index (χ1n) is 5.98. The van der Waals surface area contributed by atoms with Gasteiger partial charge in [0.2, 0.25) is 5.91 Å². The Morgan fingerprint density at radius 2 is 2.20 bits per heavy atom. The third-order valence-corrected chi connectivity index (χ3v) is 3.60. The minimum absolute atomic E-state index is 0.00702. The molecule has 0 aromatic rings. The molecule has 0 aromatic heterocycles. The van der Waals surface area contributed by atoms with Gasteiger partial charge in [0.25, 0.3) is 0 Å². The van der Waals surface area contributed by atoms with Gasteiger partial charge < -0.3 is 11.1 Å². The first kappa shape index (κ1) is 10.9. The van der Waals surface area contributed by atoms with E-state index in [1.54, 1.807) is 6.92 Å². The number of piperidine rings is 1. The van der Waals surface area contributed by atoms with Crippen molar-refractivity contribution < 1.29 is 4.79 Å². The van der Waals surface area contributed by atoms with Crippen LogP contribution in [-0.2, 0) is 4.79 Å². The van der Waals surface area contributed by atoms with Gasteiger partial charge in [0.05, 0.1) is 6.04 Å². The van der Waals surface area contributed by atoms with Crippen molar-refractivity contribution in [2.45, 2.75) is 50.7 Å². The summed E-state index contributed by atoms with van der Waals surface area (Å²) >= 11 is 0. The first-order valence-corrected chi connectivity index (χ1v) is 5.98. The van der Waals surface area contributed by atoms with Crippen LogP contribution in [0, 0.1) is 0 Å². The van der Waals surface area contributed by atoms with Gasteiger partial charge >= 0.3 is 0 Å². The predicted octanol–water partition coefficient (Wildman–Crippen LogP) is 0.0766. The highest BCUT2D eigenvalue weighted by Crippen LogP contribution is 2.26. The maximum atomic E-state index is 11.5. The van der Waals surface area contributed by atoms with Gasteiger partial charge in [-0.2, -0.15) is 0 Å². The molecular weight excluding hydrogens is 190 g/mol. The molecule has 0 radical (unpaired) electrons. The Kier molecular flexibility index (Phi) is 3.26. The zero-order chi connectivity index (χ0) is 10.8. The maximum absolute atomic E-state index is 11.5. The maximum Gasteiger partial charge on any atom is 0.236 e. The molecule has 86 valence electrons. The van der Waals surface area contributed by atoms with Gasteiger partial charge in [-0.05, 0) is 32.7 Å². The van der Waals surface area contributed by atoms with E-state index < -0.39 is 0 Å². The van der Waals surface area contributed by atoms with Gasteiger partial charge in [-0.3, -0.25) is 9.69 Å². The average Bonchev–Trinajstić information content (AvgIpc) is 2.62. The Morgan fingerprint density at radius 1 is 1.40 bits per heavy atom. The lowest BCUT2D eigenvalue weighted by Crippen LogP contribution is -2.50. The predicted molar refractivity (Wildman–Crippen MR) is 59.4 cm³/mol. The zero-order valence-electron chi connectivity index (χ0n) is 9.41. The van der Waals surface area contributed by atoms with Crippen LogP contribution in [0.2, 0.25) is 0 Å². The van der Waals surface area contributed by atoms with Crippen LogP contribution in [0.5, 0.6) is 0 Å². The van der Waals surface area contributed by atoms with Crippen molar-refractivity contribution >= 4 is 5.91 Å². The fourth-order valence-corrected chi connectivity index (χ4v) is 2.73. The summed E-state index contributed by atoms with van der Waals surface area (Å²) in [6.07, 6.45) is 4.92. The molecule has 0 saturated carbocycles. The summed E-state index contributed by atoms with van der Waals surface area (Å²) < 4.78 is 0. The molecule has 0 aliphatic carbocycles. The van der Waals surface area contributed by atoms with E-state index in [1.165, 1.54) is 25.8 Å². The molecule has 3 N–H and O–H groups in total. The molecule has 2 aliphatic heterocycles. The molecule has 4 nitrogen and oxygen atoms in total. The second-order valence-corrected chi connectivity index (χ2v) is 4.79. The summed E-state index contributed by atoms with van der Waals surface area (Å²) in [5.74, 6) is -0.00702. The Balaban J connectivity index is 1.90. The minimum atomic E-state index is -0.386. The monoisotopic (exact) mass is 211 g/mol. The Morgan fingerprint density at radius 3 is 2.93 bits per heavy atom. The lowest BCUT2D eigenvalue weighted by Gasteiger charge is -2.32. The van der Waals surface area contributed by atoms with Crippen LogP contribution in [0.15, 0.2) is 0 Å². The lowest BCUT2D eigenvalue weighted by atomic mass is 9.99. The van der Waals surface area contributed by atoms with Gasteiger partial charge in [-0.15, -0.1) is 0 Å². The van der Waals surface area contributed by atoms with Gasteiger partial charge in [0, 0.05) is 18.6 Å². The second-order valence-electron chi connectivity index (χ2n) is 4.79. The molecule has 2 rings (SSSR count). The molecule has 2 saturated heterocycles. The van der Waals surface area contributed by atoms with Crippen LogP contribution in [0.3, 0.4) is 0 Å². The van der Waals surface area contributed by atoms with E-state index in [-0.39, 0.29) is 11.9 Å². The molecule has 2 aliphatic rings. The molecule has 15 heavy (non-hydrogen) atoms. The van der Waals surface area contributed by atoms with Crippen molar-refractivity contribution in [3.05, 3.63) is 0 Å². The third-order valence-electron chi connectivity index (χ3n) is 3.60. The highest BCUT2D eigenvalue weighted by Gasteiger charge is 2.36. The average molecular weight is 211 g/mol. The van der Waals surface area contributed by atoms with Crippen molar-refractivity contribution in [1.82, 2.24) is 10.2 Å². The Labute approximate surface area is 91.2 Å². The van der Waals surface area contributed by atoms with Crippen LogP contribution in [0.4, 0.5) is 0 Å². The third kappa shape index (κ3) is 2.32. The number of carbonyl (C=O) groups is 1. The van der Waals surface area contributed by atoms with E-state index in [2.05, 4.69) is 10.2 Å². The van der Waals surface area contributed by atoms with E-state index >= 15 is 0 Å². The van der Waals surface area contributed by atoms with Crippen molar-refractivity contribution in [2.24, 2.45) is 5.73 Å². The first-order chi connectivity index (χ1) is 7.18. The number of hydrogen-bond donors (Lipinski definition) is 2. The molecule has 0 aromatic carbocycles. The molecule has 0 spiro atoms. The molecule has 2 heterocycles. The summed E-state index contributed by atoms with van der Waals surface area (Å²) in [5, 5.41) is 3.07. The zero-order valence-corrected chi connectivity index (χ0v) is 9.41. The fraction of sp³-hybridized carbons (Fsp3) is 0.909. The second kappa shape index (κ2) is 4.49. The SMILES string of the molecule is C[C@@H](N)C(=O)NC1CCN2CCCCC12. The minimum Gasteiger partial charge on any atom is -0.350 e. The number of nitrogens with one attached hydrogen (secondary N) is 1. The summed E-state index contributed by atoms with van der Waals surface area (Å²) in [7, 11) is 0. The molecule has 4 heteroatoms. The van der Waals surface area contributed by atoms with Crippen LogP contribution < -0.4 is 11.1 Å². The highest BCUT2D eigenvalue weighted by atomic mass is 16.2. The lowest BCUT2D eigenvalue weighted by molar-refractivity contribution is -0.122. The van der Waals surface area contributed by atoms with E-state index in [4.69, 9.17) is 5.73 Å². The number of fused-ring (bicyclic) bond motifs is 1. The van der Waals surface area contributed by atoms with Gasteiger partial charge in [0.1, 0.15) is 0 Å². The smallest absolute Gasteiger partial charge is 0.236 e. The molecule has 1 amide bonds. The molecule has 2 unspecified atom stereocenters. The summed E-state index contributed by atoms with van der Waals surface area (Å²) in [4.78, 5) is 14.0. The van der Waals surface area contributed by atoms with Crippen molar-refractivity contribution in [3.8, 4) is 0 Å². The normalized spacial score (nSPS) is 33.5. The van der Waals surface area contributed by atoms with Gasteiger partial charge in [0.15, 0.2) is 0 Å². The number of nitrogens with zero attached hydrogens (tertiary/aromatic N) is 1. The Bertz CT molecular complexity index is 242. The number of amides is 1. The molecule has 2 fully saturated rings. The van der Waals surface area contributed by atoms with Crippen molar-refractivity contribution in [2.75, 3.05) is 13.1 Å². The van der Waals surface area contributed by atoms with E-state index in [0.29, 0.717) is 12.1 Å². The van der Waals surface area contributed by atoms with Gasteiger partial charge in [-0.1, -0.05) is 6.42 Å². The number of hydrogen-bond acceptors (Lipinski definition) is 3. The number of rotatable bonds is 2. The quantitative estimate of drug-likeness (QED) is 0.680. The molecule has 3 atom stereocenters. The summed E-state index contributed by atoms with van der Waals surface area (Å²) in [6, 6.07) is 0.521. The van der Waals surface area contributed by atoms with Crippen LogP contribution in [0.25, 0.3) is 0 Å². The highest BCUT2D eigenvalue weighted by molar-refractivity contribution is 5.81. The number of carbonyl (C=O) groups excluding carboxylic acids is 1. The summed E-state index contributed by atoms with van der Waals surface area (Å²) in [6.45, 7) is 4.08. The molecular formula is C11H21N3O.